The third kappa shape index (κ3) is 2.67. The molecule has 6 nitrogen and oxygen atoms in total. The van der Waals surface area contributed by atoms with Crippen LogP contribution in [0.15, 0.2) is 30.3 Å². The van der Waals surface area contributed by atoms with E-state index in [1.54, 1.807) is 12.1 Å². The van der Waals surface area contributed by atoms with Crippen molar-refractivity contribution in [2.75, 3.05) is 5.73 Å². The molecule has 0 saturated heterocycles. The average Bonchev–Trinajstić information content (AvgIpc) is 2.74. The molecular weight excluding hydrogens is 246 g/mol. The van der Waals surface area contributed by atoms with E-state index in [4.69, 9.17) is 10.5 Å². The van der Waals surface area contributed by atoms with Crippen LogP contribution in [0, 0.1) is 0 Å². The normalized spacial score (nSPS) is 10.7. The predicted molar refractivity (Wildman–Crippen MR) is 70.1 cm³/mol. The number of phenolic OH excluding ortho intramolecular Hbond substituents is 1. The van der Waals surface area contributed by atoms with Crippen LogP contribution in [0.25, 0.3) is 0 Å². The van der Waals surface area contributed by atoms with Gasteiger partial charge in [0.2, 0.25) is 0 Å². The Hall–Kier alpha value is -2.50. The largest absolute Gasteiger partial charge is 0.504 e. The van der Waals surface area contributed by atoms with Crippen molar-refractivity contribution in [1.82, 2.24) is 9.78 Å². The van der Waals surface area contributed by atoms with Gasteiger partial charge in [-0.1, -0.05) is 12.1 Å². The zero-order chi connectivity index (χ0) is 14.0. The fourth-order valence-electron chi connectivity index (χ4n) is 1.66. The number of aromatic nitrogens is 2. The van der Waals surface area contributed by atoms with Gasteiger partial charge < -0.3 is 15.6 Å². The van der Waals surface area contributed by atoms with Crippen molar-refractivity contribution in [2.24, 2.45) is 0 Å². The molecule has 0 spiro atoms. The van der Waals surface area contributed by atoms with Gasteiger partial charge in [-0.2, -0.15) is 5.10 Å². The lowest BCUT2D eigenvalue weighted by molar-refractivity contribution is 0.0714. The van der Waals surface area contributed by atoms with Crippen molar-refractivity contribution in [3.63, 3.8) is 0 Å². The van der Waals surface area contributed by atoms with E-state index in [1.807, 2.05) is 13.8 Å². The zero-order valence-electron chi connectivity index (χ0n) is 10.7. The first-order valence-electron chi connectivity index (χ1n) is 5.84. The Morgan fingerprint density at radius 3 is 2.74 bits per heavy atom. The molecule has 100 valence electrons. The maximum atomic E-state index is 12.1. The Kier molecular flexibility index (Phi) is 3.41. The molecule has 0 fully saturated rings. The second-order valence-corrected chi connectivity index (χ2v) is 4.35. The standard InChI is InChI=1S/C13H15N3O3/c1-8(2)16-9(7-12(14)15-16)13(18)19-11-6-4-3-5-10(11)17/h3-8,17H,1-2H3,(H2,14,15). The van der Waals surface area contributed by atoms with Gasteiger partial charge in [-0.15, -0.1) is 0 Å². The second kappa shape index (κ2) is 5.01. The molecule has 6 heteroatoms. The van der Waals surface area contributed by atoms with Gasteiger partial charge >= 0.3 is 5.97 Å². The fourth-order valence-corrected chi connectivity index (χ4v) is 1.66. The Morgan fingerprint density at radius 2 is 2.11 bits per heavy atom. The highest BCUT2D eigenvalue weighted by Gasteiger charge is 2.19. The molecule has 1 aromatic heterocycles. The SMILES string of the molecule is CC(C)n1nc(N)cc1C(=O)Oc1ccccc1O. The first-order valence-corrected chi connectivity index (χ1v) is 5.84. The number of nitrogen functional groups attached to an aromatic ring is 1. The molecule has 0 aliphatic rings. The van der Waals surface area contributed by atoms with Crippen molar-refractivity contribution in [1.29, 1.82) is 0 Å². The van der Waals surface area contributed by atoms with Gasteiger partial charge in [-0.05, 0) is 26.0 Å². The van der Waals surface area contributed by atoms with Crippen LogP contribution in [-0.2, 0) is 0 Å². The summed E-state index contributed by atoms with van der Waals surface area (Å²) in [6, 6.07) is 7.68. The molecule has 0 aliphatic heterocycles. The van der Waals surface area contributed by atoms with Crippen molar-refractivity contribution in [3.05, 3.63) is 36.0 Å². The van der Waals surface area contributed by atoms with Gasteiger partial charge in [-0.3, -0.25) is 4.68 Å². The van der Waals surface area contributed by atoms with Crippen LogP contribution in [0.1, 0.15) is 30.4 Å². The lowest BCUT2D eigenvalue weighted by Gasteiger charge is -2.10. The first-order chi connectivity index (χ1) is 8.99. The highest BCUT2D eigenvalue weighted by atomic mass is 16.5. The number of esters is 1. The molecule has 0 radical (unpaired) electrons. The number of anilines is 1. The molecule has 1 heterocycles. The van der Waals surface area contributed by atoms with E-state index in [1.165, 1.54) is 22.9 Å². The quantitative estimate of drug-likeness (QED) is 0.651. The third-order valence-electron chi connectivity index (χ3n) is 2.52. The minimum absolute atomic E-state index is 0.0239. The fraction of sp³-hybridized carbons (Fsp3) is 0.231. The lowest BCUT2D eigenvalue weighted by atomic mass is 10.3. The number of benzene rings is 1. The summed E-state index contributed by atoms with van der Waals surface area (Å²) in [6.07, 6.45) is 0. The van der Waals surface area contributed by atoms with E-state index in [2.05, 4.69) is 5.10 Å². The van der Waals surface area contributed by atoms with Crippen LogP contribution < -0.4 is 10.5 Å². The average molecular weight is 261 g/mol. The Balaban J connectivity index is 2.28. The van der Waals surface area contributed by atoms with Crippen LogP contribution in [-0.4, -0.2) is 20.9 Å². The third-order valence-corrected chi connectivity index (χ3v) is 2.52. The minimum Gasteiger partial charge on any atom is -0.504 e. The van der Waals surface area contributed by atoms with Gasteiger partial charge in [-0.25, -0.2) is 4.79 Å². The highest BCUT2D eigenvalue weighted by Crippen LogP contribution is 2.25. The van der Waals surface area contributed by atoms with Gasteiger partial charge in [0.1, 0.15) is 11.5 Å². The van der Waals surface area contributed by atoms with Crippen LogP contribution in [0.5, 0.6) is 11.5 Å². The minimum atomic E-state index is -0.612. The number of aromatic hydroxyl groups is 1. The van der Waals surface area contributed by atoms with Crippen molar-refractivity contribution >= 4 is 11.8 Å². The van der Waals surface area contributed by atoms with Gasteiger partial charge in [0, 0.05) is 12.1 Å². The smallest absolute Gasteiger partial charge is 0.362 e. The maximum Gasteiger partial charge on any atom is 0.362 e. The Morgan fingerprint density at radius 1 is 1.42 bits per heavy atom. The van der Waals surface area contributed by atoms with E-state index < -0.39 is 5.97 Å². The number of nitrogens with zero attached hydrogens (tertiary/aromatic N) is 2. The summed E-state index contributed by atoms with van der Waals surface area (Å²) in [5.74, 6) is -0.362. The monoisotopic (exact) mass is 261 g/mol. The van der Waals surface area contributed by atoms with E-state index in [9.17, 15) is 9.90 Å². The summed E-state index contributed by atoms with van der Waals surface area (Å²) in [5.41, 5.74) is 5.84. The Labute approximate surface area is 110 Å². The number of hydrogen-bond acceptors (Lipinski definition) is 5. The molecule has 0 unspecified atom stereocenters. The second-order valence-electron chi connectivity index (χ2n) is 4.35. The first kappa shape index (κ1) is 12.9. The van der Waals surface area contributed by atoms with Crippen LogP contribution in [0.3, 0.4) is 0 Å². The van der Waals surface area contributed by atoms with Gasteiger partial charge in [0.25, 0.3) is 0 Å². The van der Waals surface area contributed by atoms with Crippen LogP contribution >= 0.6 is 0 Å². The topological polar surface area (TPSA) is 90.4 Å². The molecule has 0 atom stereocenters. The number of carbonyl (C=O) groups excluding carboxylic acids is 1. The molecule has 1 aromatic carbocycles. The highest BCUT2D eigenvalue weighted by molar-refractivity contribution is 5.90. The summed E-state index contributed by atoms with van der Waals surface area (Å²) in [4.78, 5) is 12.1. The zero-order valence-corrected chi connectivity index (χ0v) is 10.7. The molecule has 0 saturated carbocycles. The molecule has 0 bridgehead atoms. The van der Waals surface area contributed by atoms with Gasteiger partial charge in [0.15, 0.2) is 11.5 Å². The Bertz CT molecular complexity index is 605. The van der Waals surface area contributed by atoms with E-state index >= 15 is 0 Å². The van der Waals surface area contributed by atoms with Crippen molar-refractivity contribution in [2.45, 2.75) is 19.9 Å². The number of phenols is 1. The lowest BCUT2D eigenvalue weighted by Crippen LogP contribution is -2.17. The molecule has 2 aromatic rings. The molecule has 2 rings (SSSR count). The van der Waals surface area contributed by atoms with Crippen molar-refractivity contribution in [3.8, 4) is 11.5 Å². The number of nitrogens with two attached hydrogens (primary N) is 1. The summed E-state index contributed by atoms with van der Waals surface area (Å²) < 4.78 is 6.61. The number of hydrogen-bond donors (Lipinski definition) is 2. The number of ether oxygens (including phenoxy) is 1. The van der Waals surface area contributed by atoms with Crippen LogP contribution in [0.4, 0.5) is 5.82 Å². The van der Waals surface area contributed by atoms with Gasteiger partial charge in [0.05, 0.1) is 0 Å². The molecule has 0 aliphatic carbocycles. The molecule has 19 heavy (non-hydrogen) atoms. The molecule has 3 N–H and O–H groups in total. The number of carbonyl (C=O) groups is 1. The molecular formula is C13H15N3O3. The van der Waals surface area contributed by atoms with Crippen molar-refractivity contribution < 1.29 is 14.6 Å². The number of para-hydroxylation sites is 2. The van der Waals surface area contributed by atoms with Crippen LogP contribution in [0.2, 0.25) is 0 Å². The summed E-state index contributed by atoms with van der Waals surface area (Å²) in [7, 11) is 0. The van der Waals surface area contributed by atoms with E-state index in [0.29, 0.717) is 0 Å². The molecule has 0 amide bonds. The predicted octanol–water partition coefficient (Wildman–Crippen LogP) is 1.97. The maximum absolute atomic E-state index is 12.1. The summed E-state index contributed by atoms with van der Waals surface area (Å²) >= 11 is 0. The van der Waals surface area contributed by atoms with E-state index in [0.717, 1.165) is 0 Å². The van der Waals surface area contributed by atoms with E-state index in [-0.39, 0.29) is 29.1 Å². The number of rotatable bonds is 3. The summed E-state index contributed by atoms with van der Waals surface area (Å²) in [5, 5.41) is 13.6. The summed E-state index contributed by atoms with van der Waals surface area (Å²) in [6.45, 7) is 3.76.